The van der Waals surface area contributed by atoms with E-state index < -0.39 is 0 Å². The third kappa shape index (κ3) is 1.13. The summed E-state index contributed by atoms with van der Waals surface area (Å²) in [6.45, 7) is 3.82. The smallest absolute Gasteiger partial charge is 0.102 e. The first-order chi connectivity index (χ1) is 3.80. The zero-order valence-electron chi connectivity index (χ0n) is 4.84. The van der Waals surface area contributed by atoms with Crippen LogP contribution in [0.2, 0.25) is 0 Å². The molecular weight excluding hydrogens is 124 g/mol. The lowest BCUT2D eigenvalue weighted by Gasteiger charge is -2.15. The number of aliphatic imine (C=N–C) groups is 1. The van der Waals surface area contributed by atoms with Gasteiger partial charge in [-0.25, -0.2) is 0 Å². The summed E-state index contributed by atoms with van der Waals surface area (Å²) in [5, 5.41) is 0. The Labute approximate surface area is 54.2 Å². The minimum absolute atomic E-state index is 0.0984. The lowest BCUT2D eigenvalue weighted by atomic mass is 10.6. The predicted octanol–water partition coefficient (Wildman–Crippen LogP) is 0.915. The number of halogens is 1. The number of alkyl halides is 1. The van der Waals surface area contributed by atoms with E-state index in [2.05, 4.69) is 4.99 Å². The Morgan fingerprint density at radius 1 is 1.88 bits per heavy atom. The van der Waals surface area contributed by atoms with Gasteiger partial charge in [-0.2, -0.15) is 0 Å². The van der Waals surface area contributed by atoms with E-state index in [-0.39, 0.29) is 5.50 Å². The Morgan fingerprint density at radius 3 is 2.88 bits per heavy atom. The summed E-state index contributed by atoms with van der Waals surface area (Å²) in [6, 6.07) is 0. The van der Waals surface area contributed by atoms with Gasteiger partial charge < -0.3 is 4.90 Å². The van der Waals surface area contributed by atoms with Gasteiger partial charge in [0.15, 0.2) is 0 Å². The summed E-state index contributed by atoms with van der Waals surface area (Å²) in [5.41, 5.74) is 0.0984. The number of rotatable bonds is 1. The largest absolute Gasteiger partial charge is 0.345 e. The first-order valence-electron chi connectivity index (χ1n) is 2.70. The highest BCUT2D eigenvalue weighted by atomic mass is 35.5. The van der Waals surface area contributed by atoms with Crippen molar-refractivity contribution in [2.75, 3.05) is 13.1 Å². The van der Waals surface area contributed by atoms with Crippen LogP contribution in [0.25, 0.3) is 0 Å². The second-order valence-corrected chi connectivity index (χ2v) is 2.47. The van der Waals surface area contributed by atoms with Crippen LogP contribution in [0.5, 0.6) is 0 Å². The van der Waals surface area contributed by atoms with Gasteiger partial charge in [0, 0.05) is 6.54 Å². The average molecular weight is 133 g/mol. The molecule has 8 heavy (non-hydrogen) atoms. The summed E-state index contributed by atoms with van der Waals surface area (Å²) in [6.07, 6.45) is 1.80. The van der Waals surface area contributed by atoms with Crippen molar-refractivity contribution in [1.29, 1.82) is 0 Å². The van der Waals surface area contributed by atoms with E-state index in [0.29, 0.717) is 0 Å². The van der Waals surface area contributed by atoms with Gasteiger partial charge >= 0.3 is 0 Å². The Bertz CT molecular complexity index is 101. The van der Waals surface area contributed by atoms with Crippen molar-refractivity contribution in [1.82, 2.24) is 4.90 Å². The first-order valence-corrected chi connectivity index (χ1v) is 3.14. The highest BCUT2D eigenvalue weighted by Gasteiger charge is 2.08. The summed E-state index contributed by atoms with van der Waals surface area (Å²) in [7, 11) is 0. The molecular formula is C5H9ClN2. The minimum atomic E-state index is 0.0984. The van der Waals surface area contributed by atoms with Crippen molar-refractivity contribution in [3.8, 4) is 0 Å². The van der Waals surface area contributed by atoms with Gasteiger partial charge in [-0.15, -0.1) is 0 Å². The molecule has 0 aromatic heterocycles. The van der Waals surface area contributed by atoms with Gasteiger partial charge in [-0.05, 0) is 6.92 Å². The molecule has 3 heteroatoms. The molecule has 0 spiro atoms. The number of hydrogen-bond donors (Lipinski definition) is 0. The molecule has 46 valence electrons. The molecule has 0 bridgehead atoms. The molecule has 0 aliphatic carbocycles. The normalized spacial score (nSPS) is 22.0. The molecule has 1 rings (SSSR count). The zero-order valence-corrected chi connectivity index (χ0v) is 5.60. The van der Waals surface area contributed by atoms with Gasteiger partial charge in [0.2, 0.25) is 0 Å². The minimum Gasteiger partial charge on any atom is -0.345 e. The van der Waals surface area contributed by atoms with Crippen LogP contribution in [0, 0.1) is 0 Å². The molecule has 0 N–H and O–H groups in total. The van der Waals surface area contributed by atoms with Gasteiger partial charge in [-0.3, -0.25) is 4.99 Å². The maximum atomic E-state index is 5.72. The lowest BCUT2D eigenvalue weighted by molar-refractivity contribution is 0.455. The summed E-state index contributed by atoms with van der Waals surface area (Å²) in [4.78, 5) is 6.00. The van der Waals surface area contributed by atoms with Crippen LogP contribution in [-0.2, 0) is 0 Å². The molecule has 0 saturated carbocycles. The highest BCUT2D eigenvalue weighted by Crippen LogP contribution is 2.03. The van der Waals surface area contributed by atoms with Crippen LogP contribution < -0.4 is 0 Å². The Kier molecular flexibility index (Phi) is 1.73. The highest BCUT2D eigenvalue weighted by molar-refractivity contribution is 6.20. The average Bonchev–Trinajstić information content (AvgIpc) is 2.12. The second-order valence-electron chi connectivity index (χ2n) is 1.83. The fourth-order valence-corrected chi connectivity index (χ4v) is 0.811. The van der Waals surface area contributed by atoms with Crippen molar-refractivity contribution in [3.63, 3.8) is 0 Å². The maximum Gasteiger partial charge on any atom is 0.102 e. The van der Waals surface area contributed by atoms with Crippen LogP contribution >= 0.6 is 11.6 Å². The Morgan fingerprint density at radius 2 is 2.62 bits per heavy atom. The van der Waals surface area contributed by atoms with Crippen molar-refractivity contribution >= 4 is 17.9 Å². The molecule has 0 saturated heterocycles. The SMILES string of the molecule is CC(Cl)N1C=NCC1. The van der Waals surface area contributed by atoms with Gasteiger partial charge in [0.1, 0.15) is 5.50 Å². The van der Waals surface area contributed by atoms with Gasteiger partial charge in [0.25, 0.3) is 0 Å². The lowest BCUT2D eigenvalue weighted by Crippen LogP contribution is -2.25. The fraction of sp³-hybridized carbons (Fsp3) is 0.800. The molecule has 1 atom stereocenters. The van der Waals surface area contributed by atoms with Crippen LogP contribution in [0.3, 0.4) is 0 Å². The van der Waals surface area contributed by atoms with Crippen molar-refractivity contribution in [2.24, 2.45) is 4.99 Å². The molecule has 0 radical (unpaired) electrons. The van der Waals surface area contributed by atoms with E-state index in [1.807, 2.05) is 11.8 Å². The number of hydrogen-bond acceptors (Lipinski definition) is 2. The van der Waals surface area contributed by atoms with Crippen LogP contribution in [0.4, 0.5) is 0 Å². The number of nitrogens with zero attached hydrogens (tertiary/aromatic N) is 2. The quantitative estimate of drug-likeness (QED) is 0.383. The topological polar surface area (TPSA) is 15.6 Å². The third-order valence-electron chi connectivity index (χ3n) is 1.17. The second kappa shape index (κ2) is 2.35. The molecule has 0 aromatic carbocycles. The predicted molar refractivity (Wildman–Crippen MR) is 35.4 cm³/mol. The van der Waals surface area contributed by atoms with Gasteiger partial charge in [0.05, 0.1) is 12.9 Å². The first kappa shape index (κ1) is 5.89. The van der Waals surface area contributed by atoms with Crippen molar-refractivity contribution in [3.05, 3.63) is 0 Å². The van der Waals surface area contributed by atoms with Crippen LogP contribution in [-0.4, -0.2) is 29.8 Å². The Hall–Kier alpha value is -0.240. The van der Waals surface area contributed by atoms with E-state index in [4.69, 9.17) is 11.6 Å². The summed E-state index contributed by atoms with van der Waals surface area (Å²) < 4.78 is 0. The molecule has 0 fully saturated rings. The van der Waals surface area contributed by atoms with Gasteiger partial charge in [-0.1, -0.05) is 11.6 Å². The third-order valence-corrected chi connectivity index (χ3v) is 1.42. The standard InChI is InChI=1S/C5H9ClN2/c1-5(6)8-3-2-7-4-8/h4-5H,2-3H2,1H3. The van der Waals surface area contributed by atoms with E-state index in [0.717, 1.165) is 13.1 Å². The van der Waals surface area contributed by atoms with E-state index in [9.17, 15) is 0 Å². The van der Waals surface area contributed by atoms with Crippen molar-refractivity contribution in [2.45, 2.75) is 12.4 Å². The molecule has 1 unspecified atom stereocenters. The fourth-order valence-electron chi connectivity index (χ4n) is 0.663. The molecule has 1 aliphatic rings. The Balaban J connectivity index is 2.36. The molecule has 2 nitrogen and oxygen atoms in total. The van der Waals surface area contributed by atoms with E-state index in [1.54, 1.807) is 6.34 Å². The van der Waals surface area contributed by atoms with Crippen LogP contribution in [0.1, 0.15) is 6.92 Å². The monoisotopic (exact) mass is 132 g/mol. The zero-order chi connectivity index (χ0) is 5.98. The molecule has 1 heterocycles. The molecule has 1 aliphatic heterocycles. The molecule has 0 amide bonds. The van der Waals surface area contributed by atoms with E-state index >= 15 is 0 Å². The molecule has 0 aromatic rings. The van der Waals surface area contributed by atoms with E-state index in [1.165, 1.54) is 0 Å². The van der Waals surface area contributed by atoms with Crippen LogP contribution in [0.15, 0.2) is 4.99 Å². The summed E-state index contributed by atoms with van der Waals surface area (Å²) >= 11 is 5.72. The maximum absolute atomic E-state index is 5.72. The summed E-state index contributed by atoms with van der Waals surface area (Å²) in [5.74, 6) is 0. The van der Waals surface area contributed by atoms with Crippen molar-refractivity contribution < 1.29 is 0 Å².